The van der Waals surface area contributed by atoms with Crippen LogP contribution < -0.4 is 9.47 Å². The van der Waals surface area contributed by atoms with Gasteiger partial charge >= 0.3 is 0 Å². The highest BCUT2D eigenvalue weighted by Gasteiger charge is 2.10. The number of ether oxygens (including phenoxy) is 2. The van der Waals surface area contributed by atoms with Crippen molar-refractivity contribution < 1.29 is 13.9 Å². The van der Waals surface area contributed by atoms with Gasteiger partial charge < -0.3 is 14.0 Å². The molecule has 0 aliphatic heterocycles. The topological polar surface area (TPSA) is 23.4 Å². The molecule has 114 valence electrons. The zero-order chi connectivity index (χ0) is 15.5. The van der Waals surface area contributed by atoms with Crippen LogP contribution in [0, 0.1) is 5.82 Å². The summed E-state index contributed by atoms with van der Waals surface area (Å²) < 4.78 is 26.6. The molecule has 0 spiro atoms. The Kier molecular flexibility index (Phi) is 4.00. The molecule has 0 unspecified atom stereocenters. The molecule has 0 saturated carbocycles. The van der Waals surface area contributed by atoms with Crippen LogP contribution in [-0.4, -0.2) is 11.7 Å². The highest BCUT2D eigenvalue weighted by Crippen LogP contribution is 2.28. The average Bonchev–Trinajstić information content (AvgIpc) is 2.90. The fraction of sp³-hybridized carbons (Fsp3) is 0.222. The molecule has 0 fully saturated rings. The van der Waals surface area contributed by atoms with Crippen molar-refractivity contribution in [3.05, 3.63) is 60.0 Å². The van der Waals surface area contributed by atoms with E-state index in [1.807, 2.05) is 42.0 Å². The van der Waals surface area contributed by atoms with Gasteiger partial charge in [0.2, 0.25) is 0 Å². The lowest BCUT2D eigenvalue weighted by atomic mass is 10.2. The van der Waals surface area contributed by atoms with Crippen molar-refractivity contribution in [2.75, 3.05) is 7.11 Å². The number of hydrogen-bond donors (Lipinski definition) is 0. The maximum absolute atomic E-state index is 13.5. The number of hydrogen-bond acceptors (Lipinski definition) is 2. The zero-order valence-corrected chi connectivity index (χ0v) is 12.7. The predicted molar refractivity (Wildman–Crippen MR) is 84.9 cm³/mol. The second kappa shape index (κ2) is 6.10. The predicted octanol–water partition coefficient (Wildman–Crippen LogP) is 4.39. The Morgan fingerprint density at radius 1 is 1.09 bits per heavy atom. The second-order valence-electron chi connectivity index (χ2n) is 5.04. The highest BCUT2D eigenvalue weighted by atomic mass is 19.1. The number of halogens is 1. The van der Waals surface area contributed by atoms with Crippen LogP contribution in [0.2, 0.25) is 0 Å². The first-order chi connectivity index (χ1) is 10.7. The van der Waals surface area contributed by atoms with E-state index in [9.17, 15) is 4.39 Å². The van der Waals surface area contributed by atoms with Gasteiger partial charge in [-0.1, -0.05) is 12.1 Å². The van der Waals surface area contributed by atoms with E-state index in [0.29, 0.717) is 18.1 Å². The smallest absolute Gasteiger partial charge is 0.161 e. The van der Waals surface area contributed by atoms with E-state index in [0.717, 1.165) is 23.0 Å². The Hall–Kier alpha value is -2.49. The van der Waals surface area contributed by atoms with Gasteiger partial charge in [-0.2, -0.15) is 0 Å². The van der Waals surface area contributed by atoms with Gasteiger partial charge in [-0.25, -0.2) is 4.39 Å². The Bertz CT molecular complexity index is 795. The Morgan fingerprint density at radius 3 is 2.59 bits per heavy atom. The number of benzene rings is 2. The molecule has 0 aliphatic carbocycles. The molecule has 0 atom stereocenters. The molecule has 0 bridgehead atoms. The number of methoxy groups -OCH3 is 1. The van der Waals surface area contributed by atoms with Gasteiger partial charge in [-0.3, -0.25) is 0 Å². The van der Waals surface area contributed by atoms with Crippen LogP contribution in [0.15, 0.2) is 48.7 Å². The largest absolute Gasteiger partial charge is 0.493 e. The summed E-state index contributed by atoms with van der Waals surface area (Å²) in [6.45, 7) is 3.24. The van der Waals surface area contributed by atoms with Crippen molar-refractivity contribution >= 4 is 10.9 Å². The standard InChI is InChI=1S/C18H18FNO2/c1-3-20-11-13(15-9-8-14(19)10-16(15)20)12-22-18-7-5-4-6-17(18)21-2/h4-11H,3,12H2,1-2H3. The van der Waals surface area contributed by atoms with Crippen LogP contribution in [0.4, 0.5) is 4.39 Å². The third-order valence-corrected chi connectivity index (χ3v) is 3.72. The summed E-state index contributed by atoms with van der Waals surface area (Å²) in [5, 5.41) is 1.01. The fourth-order valence-electron chi connectivity index (χ4n) is 2.61. The maximum Gasteiger partial charge on any atom is 0.161 e. The average molecular weight is 299 g/mol. The summed E-state index contributed by atoms with van der Waals surface area (Å²) in [6, 6.07) is 12.4. The van der Waals surface area contributed by atoms with Gasteiger partial charge in [0.1, 0.15) is 12.4 Å². The van der Waals surface area contributed by atoms with Gasteiger partial charge in [0.15, 0.2) is 11.5 Å². The minimum absolute atomic E-state index is 0.225. The highest BCUT2D eigenvalue weighted by molar-refractivity contribution is 5.84. The minimum Gasteiger partial charge on any atom is -0.493 e. The summed E-state index contributed by atoms with van der Waals surface area (Å²) in [6.07, 6.45) is 2.01. The molecule has 0 amide bonds. The fourth-order valence-corrected chi connectivity index (χ4v) is 2.61. The van der Waals surface area contributed by atoms with Crippen LogP contribution in [0.25, 0.3) is 10.9 Å². The Labute approximate surface area is 128 Å². The van der Waals surface area contributed by atoms with Crippen LogP contribution in [0.3, 0.4) is 0 Å². The molecule has 4 heteroatoms. The molecule has 0 saturated heterocycles. The Balaban J connectivity index is 1.91. The third-order valence-electron chi connectivity index (χ3n) is 3.72. The molecule has 3 rings (SSSR count). The summed E-state index contributed by atoms with van der Waals surface area (Å²) in [7, 11) is 1.62. The lowest BCUT2D eigenvalue weighted by Crippen LogP contribution is -1.97. The quantitative estimate of drug-likeness (QED) is 0.697. The zero-order valence-electron chi connectivity index (χ0n) is 12.7. The van der Waals surface area contributed by atoms with Crippen molar-refractivity contribution in [1.29, 1.82) is 0 Å². The summed E-state index contributed by atoms with van der Waals surface area (Å²) in [5.41, 5.74) is 1.92. The first kappa shape index (κ1) is 14.4. The molecule has 0 N–H and O–H groups in total. The molecule has 22 heavy (non-hydrogen) atoms. The first-order valence-corrected chi connectivity index (χ1v) is 7.26. The molecule has 0 radical (unpaired) electrons. The van der Waals surface area contributed by atoms with Gasteiger partial charge in [-0.15, -0.1) is 0 Å². The van der Waals surface area contributed by atoms with Crippen molar-refractivity contribution in [1.82, 2.24) is 4.57 Å². The number of aryl methyl sites for hydroxylation is 1. The van der Waals surface area contributed by atoms with Crippen LogP contribution >= 0.6 is 0 Å². The van der Waals surface area contributed by atoms with Gasteiger partial charge in [0.25, 0.3) is 0 Å². The SMILES string of the molecule is CCn1cc(COc2ccccc2OC)c2ccc(F)cc21. The van der Waals surface area contributed by atoms with Gasteiger partial charge in [0, 0.05) is 23.7 Å². The van der Waals surface area contributed by atoms with Crippen molar-refractivity contribution in [3.8, 4) is 11.5 Å². The number of para-hydroxylation sites is 2. The first-order valence-electron chi connectivity index (χ1n) is 7.26. The molecule has 3 aromatic rings. The number of aromatic nitrogens is 1. The van der Waals surface area contributed by atoms with Crippen molar-refractivity contribution in [2.24, 2.45) is 0 Å². The third kappa shape index (κ3) is 2.64. The number of nitrogens with zero attached hydrogens (tertiary/aromatic N) is 1. The monoisotopic (exact) mass is 299 g/mol. The molecule has 0 aliphatic rings. The van der Waals surface area contributed by atoms with Crippen LogP contribution in [-0.2, 0) is 13.2 Å². The lowest BCUT2D eigenvalue weighted by Gasteiger charge is -2.09. The summed E-state index contributed by atoms with van der Waals surface area (Å²) in [4.78, 5) is 0. The van der Waals surface area contributed by atoms with Crippen molar-refractivity contribution in [2.45, 2.75) is 20.1 Å². The van der Waals surface area contributed by atoms with E-state index in [-0.39, 0.29) is 5.82 Å². The number of rotatable bonds is 5. The van der Waals surface area contributed by atoms with E-state index in [1.54, 1.807) is 19.2 Å². The normalized spacial score (nSPS) is 10.9. The second-order valence-corrected chi connectivity index (χ2v) is 5.04. The van der Waals surface area contributed by atoms with E-state index < -0.39 is 0 Å². The maximum atomic E-state index is 13.5. The van der Waals surface area contributed by atoms with Crippen molar-refractivity contribution in [3.63, 3.8) is 0 Å². The lowest BCUT2D eigenvalue weighted by molar-refractivity contribution is 0.285. The summed E-state index contributed by atoms with van der Waals surface area (Å²) in [5.74, 6) is 1.18. The molecular weight excluding hydrogens is 281 g/mol. The van der Waals surface area contributed by atoms with Gasteiger partial charge in [0.05, 0.1) is 12.6 Å². The molecule has 3 nitrogen and oxygen atoms in total. The molecule has 1 aromatic heterocycles. The molecule has 1 heterocycles. The van der Waals surface area contributed by atoms with E-state index >= 15 is 0 Å². The van der Waals surface area contributed by atoms with E-state index in [1.165, 1.54) is 6.07 Å². The van der Waals surface area contributed by atoms with E-state index in [4.69, 9.17) is 9.47 Å². The summed E-state index contributed by atoms with van der Waals surface area (Å²) >= 11 is 0. The minimum atomic E-state index is -0.225. The number of fused-ring (bicyclic) bond motifs is 1. The van der Waals surface area contributed by atoms with E-state index in [2.05, 4.69) is 0 Å². The molecular formula is C18H18FNO2. The van der Waals surface area contributed by atoms with Gasteiger partial charge in [-0.05, 0) is 37.3 Å². The molecule has 2 aromatic carbocycles. The van der Waals surface area contributed by atoms with Crippen LogP contribution in [0.1, 0.15) is 12.5 Å². The Morgan fingerprint density at radius 2 is 1.86 bits per heavy atom. The van der Waals surface area contributed by atoms with Crippen LogP contribution in [0.5, 0.6) is 11.5 Å².